The molecule has 2 rings (SSSR count). The Kier molecular flexibility index (Phi) is 3.31. The lowest BCUT2D eigenvalue weighted by Crippen LogP contribution is -1.95. The number of anilines is 1. The fourth-order valence-corrected chi connectivity index (χ4v) is 1.36. The number of rotatable bonds is 2. The van der Waals surface area contributed by atoms with Crippen molar-refractivity contribution in [3.8, 4) is 11.6 Å². The van der Waals surface area contributed by atoms with Crippen molar-refractivity contribution in [2.45, 2.75) is 0 Å². The molecule has 1 aromatic heterocycles. The van der Waals surface area contributed by atoms with Gasteiger partial charge in [0.1, 0.15) is 5.02 Å². The first kappa shape index (κ1) is 11.9. The van der Waals surface area contributed by atoms with Crippen molar-refractivity contribution in [2.75, 3.05) is 5.73 Å². The molecule has 0 unspecified atom stereocenters. The third-order valence-corrected chi connectivity index (χ3v) is 2.29. The molecule has 0 radical (unpaired) electrons. The smallest absolute Gasteiger partial charge is 0.242 e. The zero-order valence-corrected chi connectivity index (χ0v) is 9.84. The number of hydrogen-bond acceptors (Lipinski definition) is 4. The predicted molar refractivity (Wildman–Crippen MR) is 62.9 cm³/mol. The summed E-state index contributed by atoms with van der Waals surface area (Å²) in [4.78, 5) is 7.38. The van der Waals surface area contributed by atoms with Crippen LogP contribution in [0.1, 0.15) is 0 Å². The molecule has 0 spiro atoms. The number of halogens is 3. The van der Waals surface area contributed by atoms with Gasteiger partial charge in [0.15, 0.2) is 11.6 Å². The summed E-state index contributed by atoms with van der Waals surface area (Å²) in [6.45, 7) is 0. The molecular formula is C10H6Cl2FN3O. The van der Waals surface area contributed by atoms with E-state index in [4.69, 9.17) is 33.7 Å². The Balaban J connectivity index is 2.37. The van der Waals surface area contributed by atoms with Gasteiger partial charge in [-0.3, -0.25) is 0 Å². The molecule has 1 aromatic carbocycles. The van der Waals surface area contributed by atoms with Crippen LogP contribution in [0, 0.1) is 5.82 Å². The van der Waals surface area contributed by atoms with E-state index in [1.807, 2.05) is 0 Å². The molecule has 0 bridgehead atoms. The quantitative estimate of drug-likeness (QED) is 0.674. The summed E-state index contributed by atoms with van der Waals surface area (Å²) in [5, 5.41) is 0.0740. The number of nitrogens with zero attached hydrogens (tertiary/aromatic N) is 2. The van der Waals surface area contributed by atoms with Crippen LogP contribution in [-0.4, -0.2) is 9.97 Å². The predicted octanol–water partition coefficient (Wildman–Crippen LogP) is 3.30. The first-order valence-electron chi connectivity index (χ1n) is 4.47. The van der Waals surface area contributed by atoms with Gasteiger partial charge >= 0.3 is 0 Å². The Hall–Kier alpha value is -1.59. The van der Waals surface area contributed by atoms with Gasteiger partial charge in [0.2, 0.25) is 11.2 Å². The van der Waals surface area contributed by atoms with Gasteiger partial charge in [0.05, 0.1) is 6.20 Å². The molecule has 0 saturated heterocycles. The molecule has 88 valence electrons. The van der Waals surface area contributed by atoms with Crippen LogP contribution in [0.2, 0.25) is 10.3 Å². The van der Waals surface area contributed by atoms with Crippen molar-refractivity contribution in [3.05, 3.63) is 40.5 Å². The van der Waals surface area contributed by atoms with Gasteiger partial charge in [0, 0.05) is 11.8 Å². The molecule has 0 aliphatic heterocycles. The van der Waals surface area contributed by atoms with Gasteiger partial charge in [-0.1, -0.05) is 11.6 Å². The number of benzene rings is 1. The lowest BCUT2D eigenvalue weighted by Gasteiger charge is -2.07. The lowest BCUT2D eigenvalue weighted by molar-refractivity contribution is 0.427. The third kappa shape index (κ3) is 2.75. The van der Waals surface area contributed by atoms with Gasteiger partial charge in [-0.25, -0.2) is 9.37 Å². The van der Waals surface area contributed by atoms with Crippen molar-refractivity contribution in [1.82, 2.24) is 9.97 Å². The summed E-state index contributed by atoms with van der Waals surface area (Å²) < 4.78 is 18.6. The molecule has 0 saturated carbocycles. The normalized spacial score (nSPS) is 10.3. The number of nitrogen functional groups attached to an aromatic ring is 1. The van der Waals surface area contributed by atoms with Crippen LogP contribution in [0.4, 0.5) is 10.1 Å². The van der Waals surface area contributed by atoms with Gasteiger partial charge in [-0.05, 0) is 23.7 Å². The first-order valence-corrected chi connectivity index (χ1v) is 5.23. The van der Waals surface area contributed by atoms with E-state index in [-0.39, 0.29) is 21.9 Å². The van der Waals surface area contributed by atoms with E-state index in [2.05, 4.69) is 9.97 Å². The SMILES string of the molecule is Nc1ccc(F)c(Oc2nc(Cl)ncc2Cl)c1. The number of hydrogen-bond donors (Lipinski definition) is 1. The fourth-order valence-electron chi connectivity index (χ4n) is 1.11. The van der Waals surface area contributed by atoms with Crippen LogP contribution >= 0.6 is 23.2 Å². The van der Waals surface area contributed by atoms with Crippen LogP contribution in [0.25, 0.3) is 0 Å². The molecule has 0 fully saturated rings. The van der Waals surface area contributed by atoms with Gasteiger partial charge < -0.3 is 10.5 Å². The second-order valence-corrected chi connectivity index (χ2v) is 3.83. The molecule has 4 nitrogen and oxygen atoms in total. The summed E-state index contributed by atoms with van der Waals surface area (Å²) in [6, 6.07) is 3.92. The Morgan fingerprint density at radius 3 is 2.82 bits per heavy atom. The largest absolute Gasteiger partial charge is 0.434 e. The monoisotopic (exact) mass is 273 g/mol. The lowest BCUT2D eigenvalue weighted by atomic mass is 10.3. The Morgan fingerprint density at radius 1 is 1.29 bits per heavy atom. The third-order valence-electron chi connectivity index (χ3n) is 1.84. The number of nitrogens with two attached hydrogens (primary N) is 1. The standard InChI is InChI=1S/C10H6Cl2FN3O/c11-6-4-15-10(12)16-9(6)17-8-3-5(14)1-2-7(8)13/h1-4H,14H2. The summed E-state index contributed by atoms with van der Waals surface area (Å²) in [7, 11) is 0. The average molecular weight is 274 g/mol. The van der Waals surface area contributed by atoms with Gasteiger partial charge in [-0.15, -0.1) is 0 Å². The minimum absolute atomic E-state index is 0.0313. The molecule has 0 aliphatic carbocycles. The zero-order chi connectivity index (χ0) is 12.4. The molecule has 2 N–H and O–H groups in total. The van der Waals surface area contributed by atoms with Crippen molar-refractivity contribution in [2.24, 2.45) is 0 Å². The van der Waals surface area contributed by atoms with E-state index in [1.54, 1.807) is 0 Å². The number of aromatic nitrogens is 2. The van der Waals surface area contributed by atoms with Crippen LogP contribution in [-0.2, 0) is 0 Å². The van der Waals surface area contributed by atoms with Crippen LogP contribution in [0.5, 0.6) is 11.6 Å². The molecule has 7 heteroatoms. The summed E-state index contributed by atoms with van der Waals surface area (Å²) in [6.07, 6.45) is 1.26. The minimum Gasteiger partial charge on any atom is -0.434 e. The Bertz CT molecular complexity index is 516. The Morgan fingerprint density at radius 2 is 2.06 bits per heavy atom. The van der Waals surface area contributed by atoms with Crippen molar-refractivity contribution in [3.63, 3.8) is 0 Å². The summed E-state index contributed by atoms with van der Waals surface area (Å²) in [5.41, 5.74) is 5.87. The maximum atomic E-state index is 13.4. The van der Waals surface area contributed by atoms with Crippen molar-refractivity contribution >= 4 is 28.9 Å². The fraction of sp³-hybridized carbons (Fsp3) is 0. The maximum absolute atomic E-state index is 13.4. The van der Waals surface area contributed by atoms with Gasteiger partial charge in [-0.2, -0.15) is 4.98 Å². The first-order chi connectivity index (χ1) is 8.06. The summed E-state index contributed by atoms with van der Waals surface area (Å²) in [5.74, 6) is -0.692. The van der Waals surface area contributed by atoms with E-state index in [0.717, 1.165) is 0 Å². The topological polar surface area (TPSA) is 61.0 Å². The van der Waals surface area contributed by atoms with E-state index in [0.29, 0.717) is 5.69 Å². The summed E-state index contributed by atoms with van der Waals surface area (Å²) >= 11 is 11.4. The van der Waals surface area contributed by atoms with E-state index in [1.165, 1.54) is 24.4 Å². The zero-order valence-electron chi connectivity index (χ0n) is 8.32. The average Bonchev–Trinajstić information content (AvgIpc) is 2.28. The highest BCUT2D eigenvalue weighted by Gasteiger charge is 2.10. The molecule has 17 heavy (non-hydrogen) atoms. The highest BCUT2D eigenvalue weighted by atomic mass is 35.5. The Labute approximate surface area is 106 Å². The highest BCUT2D eigenvalue weighted by molar-refractivity contribution is 6.32. The van der Waals surface area contributed by atoms with Crippen LogP contribution < -0.4 is 10.5 Å². The molecular weight excluding hydrogens is 268 g/mol. The minimum atomic E-state index is -0.579. The molecule has 0 amide bonds. The van der Waals surface area contributed by atoms with Crippen LogP contribution in [0.15, 0.2) is 24.4 Å². The van der Waals surface area contributed by atoms with E-state index < -0.39 is 5.82 Å². The van der Waals surface area contributed by atoms with Crippen molar-refractivity contribution in [1.29, 1.82) is 0 Å². The molecule has 0 aliphatic rings. The maximum Gasteiger partial charge on any atom is 0.242 e. The van der Waals surface area contributed by atoms with Gasteiger partial charge in [0.25, 0.3) is 0 Å². The van der Waals surface area contributed by atoms with E-state index >= 15 is 0 Å². The molecule has 1 heterocycles. The molecule has 0 atom stereocenters. The number of ether oxygens (including phenoxy) is 1. The second kappa shape index (κ2) is 4.73. The molecule has 2 aromatic rings. The van der Waals surface area contributed by atoms with E-state index in [9.17, 15) is 4.39 Å². The highest BCUT2D eigenvalue weighted by Crippen LogP contribution is 2.30. The van der Waals surface area contributed by atoms with Crippen molar-refractivity contribution < 1.29 is 9.13 Å². The second-order valence-electron chi connectivity index (χ2n) is 3.08. The van der Waals surface area contributed by atoms with Crippen LogP contribution in [0.3, 0.4) is 0 Å².